The average molecular weight is 421 g/mol. The first-order chi connectivity index (χ1) is 13.4. The maximum absolute atomic E-state index is 12.7. The molecule has 1 atom stereocenters. The molecule has 2 aromatic carbocycles. The van der Waals surface area contributed by atoms with E-state index in [-0.39, 0.29) is 17.9 Å². The molecule has 3 rings (SSSR count). The third-order valence-corrected chi connectivity index (χ3v) is 5.52. The molecular formula is C22H26Cl2N2O2. The van der Waals surface area contributed by atoms with Gasteiger partial charge in [0.25, 0.3) is 0 Å². The van der Waals surface area contributed by atoms with Crippen molar-refractivity contribution >= 4 is 34.8 Å². The maximum atomic E-state index is 12.7. The molecule has 0 spiro atoms. The van der Waals surface area contributed by atoms with E-state index in [2.05, 4.69) is 10.2 Å². The molecule has 28 heavy (non-hydrogen) atoms. The third kappa shape index (κ3) is 5.63. The molecule has 1 unspecified atom stereocenters. The van der Waals surface area contributed by atoms with Crippen molar-refractivity contribution in [1.82, 2.24) is 4.90 Å². The second-order valence-corrected chi connectivity index (χ2v) is 8.27. The van der Waals surface area contributed by atoms with Crippen LogP contribution in [-0.2, 0) is 11.3 Å². The summed E-state index contributed by atoms with van der Waals surface area (Å²) in [6.07, 6.45) is 1.98. The smallest absolute Gasteiger partial charge is 0.228 e. The Hall–Kier alpha value is -1.75. The predicted molar refractivity (Wildman–Crippen MR) is 115 cm³/mol. The molecule has 6 heteroatoms. The number of likely N-dealkylation sites (tertiary alicyclic amines) is 1. The lowest BCUT2D eigenvalue weighted by Gasteiger charge is -2.32. The zero-order valence-electron chi connectivity index (χ0n) is 16.3. The molecule has 1 saturated heterocycles. The summed E-state index contributed by atoms with van der Waals surface area (Å²) in [7, 11) is 0. The molecule has 1 amide bonds. The van der Waals surface area contributed by atoms with Crippen LogP contribution < -0.4 is 10.1 Å². The van der Waals surface area contributed by atoms with Gasteiger partial charge in [-0.2, -0.15) is 0 Å². The molecule has 0 saturated carbocycles. The van der Waals surface area contributed by atoms with Gasteiger partial charge in [0.15, 0.2) is 0 Å². The van der Waals surface area contributed by atoms with Crippen molar-refractivity contribution in [3.05, 3.63) is 58.1 Å². The second kappa shape index (κ2) is 9.64. The molecule has 2 aromatic rings. The number of amides is 1. The van der Waals surface area contributed by atoms with Crippen LogP contribution in [0.4, 0.5) is 5.69 Å². The molecule has 1 N–H and O–H groups in total. The molecule has 0 aliphatic carbocycles. The average Bonchev–Trinajstić information content (AvgIpc) is 2.66. The fraction of sp³-hybridized carbons (Fsp3) is 0.409. The fourth-order valence-electron chi connectivity index (χ4n) is 3.45. The second-order valence-electron chi connectivity index (χ2n) is 7.45. The number of piperidine rings is 1. The van der Waals surface area contributed by atoms with Gasteiger partial charge >= 0.3 is 0 Å². The minimum atomic E-state index is -0.0541. The Balaban J connectivity index is 1.58. The highest BCUT2D eigenvalue weighted by atomic mass is 35.5. The van der Waals surface area contributed by atoms with Crippen LogP contribution in [-0.4, -0.2) is 30.0 Å². The molecular weight excluding hydrogens is 395 g/mol. The van der Waals surface area contributed by atoms with E-state index in [1.165, 1.54) is 0 Å². The van der Waals surface area contributed by atoms with Crippen LogP contribution in [0.5, 0.6) is 5.75 Å². The van der Waals surface area contributed by atoms with E-state index in [0.29, 0.717) is 23.1 Å². The van der Waals surface area contributed by atoms with Gasteiger partial charge in [-0.3, -0.25) is 9.69 Å². The highest BCUT2D eigenvalue weighted by Gasteiger charge is 2.26. The minimum absolute atomic E-state index is 0.0486. The molecule has 1 aliphatic rings. The summed E-state index contributed by atoms with van der Waals surface area (Å²) in [6.45, 7) is 6.26. The largest absolute Gasteiger partial charge is 0.491 e. The number of ether oxygens (including phenoxy) is 1. The summed E-state index contributed by atoms with van der Waals surface area (Å²) in [6, 6.07) is 13.1. The van der Waals surface area contributed by atoms with Gasteiger partial charge in [0.1, 0.15) is 5.75 Å². The Kier molecular flexibility index (Phi) is 7.22. The number of benzene rings is 2. The van der Waals surface area contributed by atoms with Crippen molar-refractivity contribution in [1.29, 1.82) is 0 Å². The van der Waals surface area contributed by atoms with Crippen LogP contribution in [0, 0.1) is 5.92 Å². The first-order valence-corrected chi connectivity index (χ1v) is 10.4. The van der Waals surface area contributed by atoms with Crippen LogP contribution in [0.3, 0.4) is 0 Å². The Morgan fingerprint density at radius 3 is 2.50 bits per heavy atom. The van der Waals surface area contributed by atoms with Gasteiger partial charge in [-0.25, -0.2) is 0 Å². The van der Waals surface area contributed by atoms with Gasteiger partial charge < -0.3 is 10.1 Å². The lowest BCUT2D eigenvalue weighted by molar-refractivity contribution is -0.121. The SMILES string of the molecule is CC(C)Oc1ccc(NC(=O)C2CCCN(Cc3c(Cl)cccc3Cl)C2)cc1. The number of rotatable bonds is 6. The number of anilines is 1. The van der Waals surface area contributed by atoms with Gasteiger partial charge in [0, 0.05) is 34.4 Å². The standard InChI is InChI=1S/C22H26Cl2N2O2/c1-15(2)28-18-10-8-17(9-11-18)25-22(27)16-5-4-12-26(13-16)14-19-20(23)6-3-7-21(19)24/h3,6-11,15-16H,4-5,12-14H2,1-2H3,(H,25,27). The van der Waals surface area contributed by atoms with Crippen LogP contribution in [0.15, 0.2) is 42.5 Å². The van der Waals surface area contributed by atoms with Crippen LogP contribution in [0.1, 0.15) is 32.3 Å². The van der Waals surface area contributed by atoms with Crippen molar-refractivity contribution in [2.75, 3.05) is 18.4 Å². The monoisotopic (exact) mass is 420 g/mol. The summed E-state index contributed by atoms with van der Waals surface area (Å²) in [5.74, 6) is 0.794. The molecule has 0 radical (unpaired) electrons. The van der Waals surface area contributed by atoms with Gasteiger partial charge in [-0.05, 0) is 69.6 Å². The Morgan fingerprint density at radius 2 is 1.86 bits per heavy atom. The summed E-state index contributed by atoms with van der Waals surface area (Å²) >= 11 is 12.6. The van der Waals surface area contributed by atoms with Crippen molar-refractivity contribution in [2.45, 2.75) is 39.3 Å². The first-order valence-electron chi connectivity index (χ1n) is 9.65. The van der Waals surface area contributed by atoms with Crippen molar-refractivity contribution in [3.63, 3.8) is 0 Å². The number of carbonyl (C=O) groups is 1. The van der Waals surface area contributed by atoms with Gasteiger partial charge in [-0.1, -0.05) is 29.3 Å². The molecule has 1 aliphatic heterocycles. The van der Waals surface area contributed by atoms with Crippen molar-refractivity contribution in [3.8, 4) is 5.75 Å². The molecule has 1 heterocycles. The number of hydrogen-bond acceptors (Lipinski definition) is 3. The first kappa shape index (κ1) is 21.0. The van der Waals surface area contributed by atoms with E-state index < -0.39 is 0 Å². The van der Waals surface area contributed by atoms with E-state index in [1.54, 1.807) is 0 Å². The van der Waals surface area contributed by atoms with Crippen LogP contribution in [0.2, 0.25) is 10.0 Å². The Bertz CT molecular complexity index is 788. The van der Waals surface area contributed by atoms with Gasteiger partial charge in [-0.15, -0.1) is 0 Å². The van der Waals surface area contributed by atoms with E-state index in [4.69, 9.17) is 27.9 Å². The molecule has 4 nitrogen and oxygen atoms in total. The number of nitrogens with one attached hydrogen (secondary N) is 1. The summed E-state index contributed by atoms with van der Waals surface area (Å²) in [5, 5.41) is 4.36. The van der Waals surface area contributed by atoms with E-state index in [9.17, 15) is 4.79 Å². The normalized spacial score (nSPS) is 17.5. The Morgan fingerprint density at radius 1 is 1.18 bits per heavy atom. The van der Waals surface area contributed by atoms with E-state index >= 15 is 0 Å². The minimum Gasteiger partial charge on any atom is -0.491 e. The number of halogens is 2. The zero-order valence-corrected chi connectivity index (χ0v) is 17.8. The highest BCUT2D eigenvalue weighted by Crippen LogP contribution is 2.28. The number of hydrogen-bond donors (Lipinski definition) is 1. The lowest BCUT2D eigenvalue weighted by Crippen LogP contribution is -2.40. The topological polar surface area (TPSA) is 41.6 Å². The number of nitrogens with zero attached hydrogens (tertiary/aromatic N) is 1. The fourth-order valence-corrected chi connectivity index (χ4v) is 3.97. The van der Waals surface area contributed by atoms with Crippen molar-refractivity contribution < 1.29 is 9.53 Å². The Labute approximate surface area is 176 Å². The van der Waals surface area contributed by atoms with Gasteiger partial charge in [0.05, 0.1) is 12.0 Å². The quantitative estimate of drug-likeness (QED) is 0.657. The molecule has 0 aromatic heterocycles. The molecule has 150 valence electrons. The summed E-state index contributed by atoms with van der Waals surface area (Å²) < 4.78 is 5.64. The summed E-state index contributed by atoms with van der Waals surface area (Å²) in [5.41, 5.74) is 1.71. The zero-order chi connectivity index (χ0) is 20.1. The van der Waals surface area contributed by atoms with Crippen LogP contribution >= 0.6 is 23.2 Å². The van der Waals surface area contributed by atoms with E-state index in [0.717, 1.165) is 36.4 Å². The molecule has 1 fully saturated rings. The predicted octanol–water partition coefficient (Wildman–Crippen LogP) is 5.63. The third-order valence-electron chi connectivity index (χ3n) is 4.81. The lowest BCUT2D eigenvalue weighted by atomic mass is 9.96. The van der Waals surface area contributed by atoms with Crippen LogP contribution in [0.25, 0.3) is 0 Å². The molecule has 0 bridgehead atoms. The summed E-state index contributed by atoms with van der Waals surface area (Å²) in [4.78, 5) is 15.0. The van der Waals surface area contributed by atoms with Crippen molar-refractivity contribution in [2.24, 2.45) is 5.92 Å². The van der Waals surface area contributed by atoms with E-state index in [1.807, 2.05) is 56.3 Å². The maximum Gasteiger partial charge on any atom is 0.228 e. The number of carbonyl (C=O) groups excluding carboxylic acids is 1. The van der Waals surface area contributed by atoms with Gasteiger partial charge in [0.2, 0.25) is 5.91 Å². The highest BCUT2D eigenvalue weighted by molar-refractivity contribution is 6.35.